The third-order valence-electron chi connectivity index (χ3n) is 4.85. The minimum Gasteiger partial charge on any atom is -0.321 e. The first kappa shape index (κ1) is 20.9. The van der Waals surface area contributed by atoms with Crippen molar-refractivity contribution in [3.8, 4) is 11.1 Å². The molecule has 0 heterocycles. The zero-order valence-electron chi connectivity index (χ0n) is 16.8. The Hall–Kier alpha value is -4.32. The molecule has 0 aromatic heterocycles. The minimum atomic E-state index is -0.423. The molecule has 2 amide bonds. The zero-order chi connectivity index (χ0) is 22.5. The van der Waals surface area contributed by atoms with E-state index in [1.807, 2.05) is 24.3 Å². The number of halogens is 2. The van der Waals surface area contributed by atoms with Crippen LogP contribution in [-0.2, 0) is 0 Å². The van der Waals surface area contributed by atoms with Crippen LogP contribution < -0.4 is 10.6 Å². The van der Waals surface area contributed by atoms with Crippen molar-refractivity contribution in [3.63, 3.8) is 0 Å². The van der Waals surface area contributed by atoms with Gasteiger partial charge in [0, 0.05) is 33.6 Å². The molecule has 0 aliphatic carbocycles. The Labute approximate surface area is 183 Å². The molecule has 4 rings (SSSR count). The standard InChI is InChI=1S/C26H18F2N2O2/c27-19-13-9-17(10-14-19)25(31)29-23-7-3-1-5-21(23)22-6-2-4-8-24(22)30-26(32)18-11-15-20(28)16-12-18/h1-16H,(H,29,31)(H,30,32). The summed E-state index contributed by atoms with van der Waals surface area (Å²) in [5.41, 5.74) is 3.09. The number of rotatable bonds is 5. The van der Waals surface area contributed by atoms with Crippen LogP contribution in [0.1, 0.15) is 20.7 Å². The first-order valence-corrected chi connectivity index (χ1v) is 9.83. The van der Waals surface area contributed by atoms with Crippen LogP contribution in [0.5, 0.6) is 0 Å². The lowest BCUT2D eigenvalue weighted by Gasteiger charge is -2.15. The van der Waals surface area contributed by atoms with Crippen molar-refractivity contribution >= 4 is 23.2 Å². The molecular weight excluding hydrogens is 410 g/mol. The van der Waals surface area contributed by atoms with Crippen LogP contribution in [0.2, 0.25) is 0 Å². The number of para-hydroxylation sites is 2. The molecular formula is C26H18F2N2O2. The summed E-state index contributed by atoms with van der Waals surface area (Å²) in [7, 11) is 0. The van der Waals surface area contributed by atoms with E-state index >= 15 is 0 Å². The monoisotopic (exact) mass is 428 g/mol. The fourth-order valence-electron chi connectivity index (χ4n) is 3.25. The number of hydrogen-bond acceptors (Lipinski definition) is 2. The summed E-state index contributed by atoms with van der Waals surface area (Å²) in [5.74, 6) is -1.61. The Morgan fingerprint density at radius 1 is 0.500 bits per heavy atom. The Balaban J connectivity index is 1.63. The second-order valence-corrected chi connectivity index (χ2v) is 7.01. The lowest BCUT2D eigenvalue weighted by atomic mass is 10.0. The highest BCUT2D eigenvalue weighted by Crippen LogP contribution is 2.34. The van der Waals surface area contributed by atoms with Crippen molar-refractivity contribution in [2.75, 3.05) is 10.6 Å². The SMILES string of the molecule is O=C(Nc1ccccc1-c1ccccc1NC(=O)c1ccc(F)cc1)c1ccc(F)cc1. The molecule has 0 bridgehead atoms. The highest BCUT2D eigenvalue weighted by atomic mass is 19.1. The van der Waals surface area contributed by atoms with Crippen LogP contribution in [0, 0.1) is 11.6 Å². The van der Waals surface area contributed by atoms with Gasteiger partial charge in [-0.25, -0.2) is 8.78 Å². The van der Waals surface area contributed by atoms with Crippen LogP contribution in [0.15, 0.2) is 97.1 Å². The van der Waals surface area contributed by atoms with E-state index in [0.29, 0.717) is 33.6 Å². The largest absolute Gasteiger partial charge is 0.321 e. The number of carbonyl (C=O) groups is 2. The molecule has 0 atom stereocenters. The van der Waals surface area contributed by atoms with Gasteiger partial charge in [-0.1, -0.05) is 36.4 Å². The lowest BCUT2D eigenvalue weighted by Crippen LogP contribution is -2.14. The normalized spacial score (nSPS) is 10.4. The molecule has 0 fully saturated rings. The van der Waals surface area contributed by atoms with Gasteiger partial charge in [-0.05, 0) is 60.7 Å². The van der Waals surface area contributed by atoms with Crippen LogP contribution >= 0.6 is 0 Å². The summed E-state index contributed by atoms with van der Waals surface area (Å²) in [6.07, 6.45) is 0. The van der Waals surface area contributed by atoms with E-state index in [1.165, 1.54) is 48.5 Å². The predicted octanol–water partition coefficient (Wildman–Crippen LogP) is 6.14. The topological polar surface area (TPSA) is 58.2 Å². The summed E-state index contributed by atoms with van der Waals surface area (Å²) in [5, 5.41) is 5.69. The van der Waals surface area contributed by atoms with E-state index in [0.717, 1.165) is 0 Å². The summed E-state index contributed by atoms with van der Waals surface area (Å²) in [4.78, 5) is 25.3. The first-order valence-electron chi connectivity index (χ1n) is 9.83. The number of nitrogens with one attached hydrogen (secondary N) is 2. The van der Waals surface area contributed by atoms with Gasteiger partial charge in [-0.3, -0.25) is 9.59 Å². The lowest BCUT2D eigenvalue weighted by molar-refractivity contribution is 0.101. The number of amides is 2. The van der Waals surface area contributed by atoms with Gasteiger partial charge in [-0.15, -0.1) is 0 Å². The van der Waals surface area contributed by atoms with E-state index in [4.69, 9.17) is 0 Å². The van der Waals surface area contributed by atoms with Gasteiger partial charge >= 0.3 is 0 Å². The molecule has 2 N–H and O–H groups in total. The van der Waals surface area contributed by atoms with Gasteiger partial charge in [0.05, 0.1) is 0 Å². The average Bonchev–Trinajstić information content (AvgIpc) is 2.81. The van der Waals surface area contributed by atoms with Crippen molar-refractivity contribution < 1.29 is 18.4 Å². The Morgan fingerprint density at radius 3 is 1.22 bits per heavy atom. The molecule has 0 saturated heterocycles. The van der Waals surface area contributed by atoms with Gasteiger partial charge in [0.15, 0.2) is 0 Å². The average molecular weight is 428 g/mol. The van der Waals surface area contributed by atoms with Gasteiger partial charge in [-0.2, -0.15) is 0 Å². The zero-order valence-corrected chi connectivity index (χ0v) is 16.8. The molecule has 0 spiro atoms. The number of benzene rings is 4. The van der Waals surface area contributed by atoms with E-state index < -0.39 is 11.6 Å². The Kier molecular flexibility index (Phi) is 6.03. The van der Waals surface area contributed by atoms with Gasteiger partial charge in [0.1, 0.15) is 11.6 Å². The molecule has 0 aliphatic rings. The molecule has 158 valence electrons. The molecule has 0 unspecified atom stereocenters. The fraction of sp³-hybridized carbons (Fsp3) is 0. The predicted molar refractivity (Wildman–Crippen MR) is 121 cm³/mol. The first-order chi connectivity index (χ1) is 15.5. The van der Waals surface area contributed by atoms with Crippen molar-refractivity contribution in [3.05, 3.63) is 120 Å². The fourth-order valence-corrected chi connectivity index (χ4v) is 3.25. The summed E-state index contributed by atoms with van der Waals surface area (Å²) < 4.78 is 26.3. The second-order valence-electron chi connectivity index (χ2n) is 7.01. The molecule has 0 saturated carbocycles. The molecule has 0 radical (unpaired) electrons. The maximum atomic E-state index is 13.2. The summed E-state index contributed by atoms with van der Waals surface area (Å²) in [6.45, 7) is 0. The summed E-state index contributed by atoms with van der Waals surface area (Å²) >= 11 is 0. The van der Waals surface area contributed by atoms with Gasteiger partial charge in [0.2, 0.25) is 0 Å². The van der Waals surface area contributed by atoms with Crippen molar-refractivity contribution in [2.24, 2.45) is 0 Å². The van der Waals surface area contributed by atoms with Crippen LogP contribution in [-0.4, -0.2) is 11.8 Å². The molecule has 0 aliphatic heterocycles. The number of carbonyl (C=O) groups excluding carboxylic acids is 2. The summed E-state index contributed by atoms with van der Waals surface area (Å²) in [6, 6.07) is 24.9. The van der Waals surface area contributed by atoms with Crippen molar-refractivity contribution in [1.82, 2.24) is 0 Å². The van der Waals surface area contributed by atoms with Crippen LogP contribution in [0.25, 0.3) is 11.1 Å². The van der Waals surface area contributed by atoms with E-state index in [2.05, 4.69) is 10.6 Å². The molecule has 4 aromatic carbocycles. The van der Waals surface area contributed by atoms with E-state index in [9.17, 15) is 18.4 Å². The third-order valence-corrected chi connectivity index (χ3v) is 4.85. The smallest absolute Gasteiger partial charge is 0.255 e. The highest BCUT2D eigenvalue weighted by Gasteiger charge is 2.15. The molecule has 4 aromatic rings. The minimum absolute atomic E-state index is 0.319. The van der Waals surface area contributed by atoms with Gasteiger partial charge in [0.25, 0.3) is 11.8 Å². The van der Waals surface area contributed by atoms with E-state index in [1.54, 1.807) is 24.3 Å². The third kappa shape index (κ3) is 4.70. The van der Waals surface area contributed by atoms with Crippen molar-refractivity contribution in [1.29, 1.82) is 0 Å². The highest BCUT2D eigenvalue weighted by molar-refractivity contribution is 6.09. The molecule has 6 heteroatoms. The van der Waals surface area contributed by atoms with Crippen LogP contribution in [0.4, 0.5) is 20.2 Å². The number of hydrogen-bond donors (Lipinski definition) is 2. The maximum Gasteiger partial charge on any atom is 0.255 e. The van der Waals surface area contributed by atoms with Gasteiger partial charge < -0.3 is 10.6 Å². The van der Waals surface area contributed by atoms with Crippen molar-refractivity contribution in [2.45, 2.75) is 0 Å². The number of anilines is 2. The molecule has 4 nitrogen and oxygen atoms in total. The second kappa shape index (κ2) is 9.22. The van der Waals surface area contributed by atoms with Crippen LogP contribution in [0.3, 0.4) is 0 Å². The maximum absolute atomic E-state index is 13.2. The molecule has 32 heavy (non-hydrogen) atoms. The Morgan fingerprint density at radius 2 is 0.844 bits per heavy atom. The quantitative estimate of drug-likeness (QED) is 0.401. The van der Waals surface area contributed by atoms with E-state index in [-0.39, 0.29) is 11.8 Å². The Bertz CT molecular complexity index is 1170.